The Labute approximate surface area is 324 Å². The Hall–Kier alpha value is -3.61. The van der Waals surface area contributed by atoms with Crippen molar-refractivity contribution >= 4 is 44.2 Å². The first-order valence-electron chi connectivity index (χ1n) is 20.0. The van der Waals surface area contributed by atoms with Crippen LogP contribution in [0.15, 0.2) is 30.5 Å². The van der Waals surface area contributed by atoms with Gasteiger partial charge in [0.2, 0.25) is 27.7 Å². The number of carbonyl (C=O) groups excluding carboxylic acids is 4. The van der Waals surface area contributed by atoms with Crippen molar-refractivity contribution in [2.45, 2.75) is 129 Å². The van der Waals surface area contributed by atoms with E-state index in [1.807, 2.05) is 52.0 Å². The minimum atomic E-state index is -4.30. The molecule has 0 bridgehead atoms. The van der Waals surface area contributed by atoms with Gasteiger partial charge >= 0.3 is 0 Å². The van der Waals surface area contributed by atoms with Crippen LogP contribution in [0.2, 0.25) is 0 Å². The minimum absolute atomic E-state index is 0.00795. The average molecular weight is 784 g/mol. The van der Waals surface area contributed by atoms with Crippen molar-refractivity contribution in [1.29, 1.82) is 0 Å². The molecule has 4 aliphatic rings. The number of aromatic nitrogens is 1. The highest BCUT2D eigenvalue weighted by atomic mass is 32.2. The Kier molecular flexibility index (Phi) is 11.7. The number of fused-ring (bicyclic) bond motifs is 3. The molecule has 2 amide bonds. The van der Waals surface area contributed by atoms with Crippen molar-refractivity contribution in [3.63, 3.8) is 0 Å². The monoisotopic (exact) mass is 783 g/mol. The number of methoxy groups -OCH3 is 1. The summed E-state index contributed by atoms with van der Waals surface area (Å²) in [4.78, 5) is 63.2. The van der Waals surface area contributed by atoms with Gasteiger partial charge in [-0.1, -0.05) is 72.1 Å². The van der Waals surface area contributed by atoms with E-state index in [-0.39, 0.29) is 79.3 Å². The zero-order valence-electron chi connectivity index (χ0n) is 33.2. The van der Waals surface area contributed by atoms with Crippen molar-refractivity contribution in [2.24, 2.45) is 34.5 Å². The van der Waals surface area contributed by atoms with Gasteiger partial charge in [0.15, 0.2) is 5.78 Å². The lowest BCUT2D eigenvalue weighted by atomic mass is 9.79. The summed E-state index contributed by atoms with van der Waals surface area (Å²) in [5.41, 5.74) is -1.54. The zero-order valence-corrected chi connectivity index (χ0v) is 34.0. The van der Waals surface area contributed by atoms with E-state index >= 15 is 0 Å². The lowest BCUT2D eigenvalue weighted by Gasteiger charge is -2.32. The lowest BCUT2D eigenvalue weighted by molar-refractivity contribution is -0.145. The smallest absolute Gasteiger partial charge is 0.243 e. The third kappa shape index (κ3) is 8.71. The van der Waals surface area contributed by atoms with Gasteiger partial charge in [-0.15, -0.1) is 0 Å². The molecule has 0 radical (unpaired) electrons. The van der Waals surface area contributed by atoms with Gasteiger partial charge in [0.1, 0.15) is 29.1 Å². The summed E-state index contributed by atoms with van der Waals surface area (Å²) in [6, 6.07) is 6.53. The first-order valence-corrected chi connectivity index (χ1v) is 21.5. The number of hydrogen-bond donors (Lipinski definition) is 1. The SMILES string of the molecule is COc1cnc(O[C@@H]2C[C@H]3C(=O)C[C@]4(C(=O)NS(=O)(=O)C5(CF)CC5)C[C@H]4CCCC[C@@H](C)C[C@@H](C)[C@H](CC(=O)CC(C)(C)C)C(=O)N3C2)c2ccccc12. The maximum Gasteiger partial charge on any atom is 0.243 e. The summed E-state index contributed by atoms with van der Waals surface area (Å²) in [7, 11) is -2.74. The number of amides is 2. The molecule has 0 unspecified atom stereocenters. The Balaban J connectivity index is 1.34. The van der Waals surface area contributed by atoms with Crippen LogP contribution in [0.25, 0.3) is 10.8 Å². The van der Waals surface area contributed by atoms with E-state index in [0.29, 0.717) is 36.3 Å². The number of hydrogen-bond acceptors (Lipinski definition) is 9. The van der Waals surface area contributed by atoms with Crippen molar-refractivity contribution in [3.8, 4) is 11.6 Å². The molecule has 2 aliphatic heterocycles. The molecule has 2 aliphatic carbocycles. The van der Waals surface area contributed by atoms with Crippen molar-refractivity contribution in [3.05, 3.63) is 30.5 Å². The van der Waals surface area contributed by atoms with Gasteiger partial charge in [-0.05, 0) is 61.3 Å². The topological polar surface area (TPSA) is 149 Å². The molecule has 2 aromatic rings. The first-order chi connectivity index (χ1) is 25.9. The molecule has 3 heterocycles. The van der Waals surface area contributed by atoms with Crippen LogP contribution in [0.5, 0.6) is 11.6 Å². The molecule has 1 aromatic carbocycles. The second-order valence-corrected chi connectivity index (χ2v) is 20.4. The largest absolute Gasteiger partial charge is 0.494 e. The van der Waals surface area contributed by atoms with E-state index in [9.17, 15) is 32.0 Å². The predicted octanol–water partition coefficient (Wildman–Crippen LogP) is 6.75. The highest BCUT2D eigenvalue weighted by Crippen LogP contribution is 2.59. The molecule has 13 heteroatoms. The van der Waals surface area contributed by atoms with E-state index in [1.165, 1.54) is 0 Å². The number of Topliss-reactive ketones (excluding diaryl/α,β-unsaturated/α-hetero) is 2. The first kappa shape index (κ1) is 41.0. The lowest BCUT2D eigenvalue weighted by Crippen LogP contribution is -2.48. The molecule has 55 heavy (non-hydrogen) atoms. The number of rotatable bonds is 10. The normalized spacial score (nSPS) is 30.1. The number of sulfonamides is 1. The summed E-state index contributed by atoms with van der Waals surface area (Å²) in [6.45, 7) is 9.14. The highest BCUT2D eigenvalue weighted by Gasteiger charge is 2.64. The summed E-state index contributed by atoms with van der Waals surface area (Å²) in [5, 5.41) is 1.50. The number of nitrogens with one attached hydrogen (secondary N) is 1. The van der Waals surface area contributed by atoms with Crippen LogP contribution in [0.3, 0.4) is 0 Å². The second kappa shape index (κ2) is 15.7. The molecular formula is C42H58FN3O8S. The van der Waals surface area contributed by atoms with E-state index < -0.39 is 50.8 Å². The molecule has 1 aromatic heterocycles. The molecule has 0 spiro atoms. The molecule has 302 valence electrons. The van der Waals surface area contributed by atoms with Gasteiger partial charge in [-0.3, -0.25) is 23.9 Å². The second-order valence-electron chi connectivity index (χ2n) is 18.3. The molecule has 2 saturated carbocycles. The van der Waals surface area contributed by atoms with Crippen molar-refractivity contribution in [1.82, 2.24) is 14.6 Å². The fourth-order valence-corrected chi connectivity index (χ4v) is 10.6. The number of ether oxygens (including phenoxy) is 2. The summed E-state index contributed by atoms with van der Waals surface area (Å²) < 4.78 is 53.0. The summed E-state index contributed by atoms with van der Waals surface area (Å²) >= 11 is 0. The predicted molar refractivity (Wildman–Crippen MR) is 207 cm³/mol. The number of pyridine rings is 1. The fraction of sp³-hybridized carbons (Fsp3) is 0.690. The number of nitrogens with zero attached hydrogens (tertiary/aromatic N) is 2. The summed E-state index contributed by atoms with van der Waals surface area (Å²) in [5.74, 6) is -1.28. The van der Waals surface area contributed by atoms with Gasteiger partial charge < -0.3 is 14.4 Å². The molecule has 6 rings (SSSR count). The van der Waals surface area contributed by atoms with E-state index in [1.54, 1.807) is 18.2 Å². The van der Waals surface area contributed by atoms with Gasteiger partial charge in [0.05, 0.1) is 31.3 Å². The Morgan fingerprint density at radius 3 is 2.40 bits per heavy atom. The molecule has 2 saturated heterocycles. The highest BCUT2D eigenvalue weighted by molar-refractivity contribution is 7.91. The average Bonchev–Trinajstić information content (AvgIpc) is 4.02. The maximum absolute atomic E-state index is 14.9. The van der Waals surface area contributed by atoms with Crippen LogP contribution in [0.4, 0.5) is 4.39 Å². The van der Waals surface area contributed by atoms with Crippen LogP contribution >= 0.6 is 0 Å². The summed E-state index contributed by atoms with van der Waals surface area (Å²) in [6.07, 6.45) is 5.73. The van der Waals surface area contributed by atoms with Crippen LogP contribution in [0.1, 0.15) is 112 Å². The molecule has 7 atom stereocenters. The van der Waals surface area contributed by atoms with Gasteiger partial charge in [-0.25, -0.2) is 17.8 Å². The maximum atomic E-state index is 14.9. The van der Waals surface area contributed by atoms with Crippen molar-refractivity contribution < 1.29 is 41.5 Å². The number of benzene rings is 1. The third-order valence-electron chi connectivity index (χ3n) is 12.6. The molecule has 1 N–H and O–H groups in total. The van der Waals surface area contributed by atoms with Crippen molar-refractivity contribution in [2.75, 3.05) is 20.3 Å². The number of halogens is 1. The Bertz CT molecular complexity index is 1910. The fourth-order valence-electron chi connectivity index (χ4n) is 9.15. The molecule has 11 nitrogen and oxygen atoms in total. The Morgan fingerprint density at radius 2 is 1.75 bits per heavy atom. The molecule has 4 fully saturated rings. The number of ketones is 2. The zero-order chi connectivity index (χ0) is 39.9. The van der Waals surface area contributed by atoms with Crippen LogP contribution in [-0.4, -0.2) is 78.9 Å². The number of alkyl halides is 1. The molecular weight excluding hydrogens is 726 g/mol. The van der Waals surface area contributed by atoms with Gasteiger partial charge in [0.25, 0.3) is 0 Å². The van der Waals surface area contributed by atoms with E-state index in [0.717, 1.165) is 31.1 Å². The van der Waals surface area contributed by atoms with E-state index in [4.69, 9.17) is 9.47 Å². The quantitative estimate of drug-likeness (QED) is 0.276. The van der Waals surface area contributed by atoms with Gasteiger partial charge in [-0.2, -0.15) is 0 Å². The number of carbonyl (C=O) groups is 4. The standard InChI is InChI=1S/C42H58FN3O8S/c1-26-11-7-8-12-28-20-42(28,39(50)45-55(51,52)41(25-43)15-16-41)22-35(48)34-19-30(54-37-32-14-10-9-13-31(32)36(53-6)23-44-37)24-46(34)38(49)33(27(2)17-26)18-29(47)21-40(3,4)5/h9-10,13-14,23,26-28,30,33-34H,7-8,11-12,15-22,24-25H2,1-6H3,(H,45,50)/t26-,27-,28-,30-,33+,34+,42-/m1/s1. The van der Waals surface area contributed by atoms with Gasteiger partial charge in [0, 0.05) is 42.4 Å². The van der Waals surface area contributed by atoms with Crippen LogP contribution in [-0.2, 0) is 29.2 Å². The van der Waals surface area contributed by atoms with Crippen LogP contribution < -0.4 is 14.2 Å². The Morgan fingerprint density at radius 1 is 1.05 bits per heavy atom. The minimum Gasteiger partial charge on any atom is -0.494 e. The van der Waals surface area contributed by atoms with E-state index in [2.05, 4.69) is 16.6 Å². The van der Waals surface area contributed by atoms with Crippen LogP contribution in [0, 0.1) is 34.5 Å². The third-order valence-corrected chi connectivity index (χ3v) is 14.7.